The Morgan fingerprint density at radius 3 is 2.39 bits per heavy atom. The Kier molecular flexibility index (Phi) is 4.21. The number of ether oxygens (including phenoxy) is 1. The van der Waals surface area contributed by atoms with Gasteiger partial charge in [-0.15, -0.1) is 0 Å². The molecule has 2 rings (SSSR count). The van der Waals surface area contributed by atoms with Gasteiger partial charge in [-0.25, -0.2) is 0 Å². The zero-order chi connectivity index (χ0) is 13.0. The lowest BCUT2D eigenvalue weighted by Crippen LogP contribution is -2.48. The van der Waals surface area contributed by atoms with Gasteiger partial charge in [0.05, 0.1) is 18.9 Å². The lowest BCUT2D eigenvalue weighted by Gasteiger charge is -2.32. The lowest BCUT2D eigenvalue weighted by molar-refractivity contribution is 0.0729. The Labute approximate surface area is 108 Å². The Morgan fingerprint density at radius 1 is 1.22 bits per heavy atom. The molecule has 5 nitrogen and oxygen atoms in total. The third-order valence-electron chi connectivity index (χ3n) is 2.91. The zero-order valence-corrected chi connectivity index (χ0v) is 11.3. The second-order valence-electron chi connectivity index (χ2n) is 4.02. The van der Waals surface area contributed by atoms with Crippen molar-refractivity contribution in [3.05, 3.63) is 30.3 Å². The third-order valence-corrected chi connectivity index (χ3v) is 4.95. The second-order valence-corrected chi connectivity index (χ2v) is 5.87. The van der Waals surface area contributed by atoms with Crippen molar-refractivity contribution in [3.63, 3.8) is 0 Å². The van der Waals surface area contributed by atoms with Gasteiger partial charge in [-0.05, 0) is 19.1 Å². The van der Waals surface area contributed by atoms with Crippen LogP contribution in [0.15, 0.2) is 30.3 Å². The molecule has 0 radical (unpaired) electrons. The number of nitrogens with zero attached hydrogens (tertiary/aromatic N) is 2. The number of anilines is 1. The maximum absolute atomic E-state index is 12.5. The fourth-order valence-corrected chi connectivity index (χ4v) is 3.59. The summed E-state index contributed by atoms with van der Waals surface area (Å²) in [5.74, 6) is 0. The van der Waals surface area contributed by atoms with Gasteiger partial charge in [-0.1, -0.05) is 18.2 Å². The molecule has 0 atom stereocenters. The van der Waals surface area contributed by atoms with Crippen LogP contribution in [-0.2, 0) is 14.9 Å². The maximum Gasteiger partial charge on any atom is 0.304 e. The minimum Gasteiger partial charge on any atom is -0.379 e. The maximum atomic E-state index is 12.5. The Hall–Kier alpha value is -1.11. The van der Waals surface area contributed by atoms with Crippen molar-refractivity contribution in [1.29, 1.82) is 0 Å². The van der Waals surface area contributed by atoms with Crippen LogP contribution in [0.2, 0.25) is 0 Å². The molecule has 100 valence electrons. The predicted octanol–water partition coefficient (Wildman–Crippen LogP) is 1.09. The molecule has 0 aliphatic carbocycles. The average Bonchev–Trinajstić information content (AvgIpc) is 2.41. The fourth-order valence-electron chi connectivity index (χ4n) is 1.99. The van der Waals surface area contributed by atoms with E-state index < -0.39 is 10.2 Å². The summed E-state index contributed by atoms with van der Waals surface area (Å²) >= 11 is 0. The van der Waals surface area contributed by atoms with E-state index in [-0.39, 0.29) is 0 Å². The van der Waals surface area contributed by atoms with Gasteiger partial charge in [-0.3, -0.25) is 4.31 Å². The number of hydrogen-bond acceptors (Lipinski definition) is 3. The first-order valence-electron chi connectivity index (χ1n) is 6.07. The van der Waals surface area contributed by atoms with E-state index in [9.17, 15) is 8.42 Å². The Morgan fingerprint density at radius 2 is 1.83 bits per heavy atom. The van der Waals surface area contributed by atoms with Crippen LogP contribution >= 0.6 is 0 Å². The van der Waals surface area contributed by atoms with Crippen molar-refractivity contribution in [3.8, 4) is 0 Å². The van der Waals surface area contributed by atoms with Gasteiger partial charge >= 0.3 is 10.2 Å². The van der Waals surface area contributed by atoms with Gasteiger partial charge in [-0.2, -0.15) is 12.7 Å². The standard InChI is InChI=1S/C12H18N2O3S/c1-2-14(12-6-4-3-5-7-12)18(15,16)13-8-10-17-11-9-13/h3-7H,2,8-11H2,1H3. The van der Waals surface area contributed by atoms with Crippen molar-refractivity contribution in [2.24, 2.45) is 0 Å². The first kappa shape index (κ1) is 13.3. The van der Waals surface area contributed by atoms with E-state index in [2.05, 4.69) is 0 Å². The largest absolute Gasteiger partial charge is 0.379 e. The van der Waals surface area contributed by atoms with Crippen LogP contribution in [0.1, 0.15) is 6.92 Å². The highest BCUT2D eigenvalue weighted by Crippen LogP contribution is 2.20. The smallest absolute Gasteiger partial charge is 0.304 e. The summed E-state index contributed by atoms with van der Waals surface area (Å²) in [7, 11) is -3.44. The molecule has 1 fully saturated rings. The highest BCUT2D eigenvalue weighted by atomic mass is 32.2. The molecule has 1 saturated heterocycles. The number of hydrogen-bond donors (Lipinski definition) is 0. The highest BCUT2D eigenvalue weighted by Gasteiger charge is 2.30. The van der Waals surface area contributed by atoms with E-state index in [1.54, 1.807) is 0 Å². The second kappa shape index (κ2) is 5.69. The first-order valence-corrected chi connectivity index (χ1v) is 7.46. The summed E-state index contributed by atoms with van der Waals surface area (Å²) < 4.78 is 33.1. The van der Waals surface area contributed by atoms with E-state index in [1.165, 1.54) is 8.61 Å². The van der Waals surface area contributed by atoms with Crippen LogP contribution in [-0.4, -0.2) is 45.6 Å². The Bertz CT molecular complexity index is 469. The van der Waals surface area contributed by atoms with Gasteiger partial charge in [0, 0.05) is 19.6 Å². The molecule has 0 N–H and O–H groups in total. The van der Waals surface area contributed by atoms with Crippen molar-refractivity contribution in [2.75, 3.05) is 37.2 Å². The molecule has 18 heavy (non-hydrogen) atoms. The number of rotatable bonds is 4. The van der Waals surface area contributed by atoms with Gasteiger partial charge in [0.15, 0.2) is 0 Å². The fraction of sp³-hybridized carbons (Fsp3) is 0.500. The van der Waals surface area contributed by atoms with Crippen molar-refractivity contribution < 1.29 is 13.2 Å². The van der Waals surface area contributed by atoms with E-state index in [4.69, 9.17) is 4.74 Å². The topological polar surface area (TPSA) is 49.9 Å². The summed E-state index contributed by atoms with van der Waals surface area (Å²) in [5.41, 5.74) is 0.700. The SMILES string of the molecule is CCN(c1ccccc1)S(=O)(=O)N1CCOCC1. The first-order chi connectivity index (χ1) is 8.66. The summed E-state index contributed by atoms with van der Waals surface area (Å²) in [5, 5.41) is 0. The lowest BCUT2D eigenvalue weighted by atomic mass is 10.3. The molecule has 1 aliphatic rings. The molecule has 0 spiro atoms. The molecule has 0 bridgehead atoms. The van der Waals surface area contributed by atoms with Gasteiger partial charge < -0.3 is 4.74 Å². The van der Waals surface area contributed by atoms with E-state index in [1.807, 2.05) is 37.3 Å². The van der Waals surface area contributed by atoms with Crippen LogP contribution in [0.25, 0.3) is 0 Å². The summed E-state index contributed by atoms with van der Waals surface area (Å²) in [6.07, 6.45) is 0. The van der Waals surface area contributed by atoms with E-state index in [0.717, 1.165) is 0 Å². The van der Waals surface area contributed by atoms with Crippen molar-refractivity contribution in [1.82, 2.24) is 4.31 Å². The van der Waals surface area contributed by atoms with Crippen LogP contribution in [0, 0.1) is 0 Å². The molecule has 0 saturated carbocycles. The quantitative estimate of drug-likeness (QED) is 0.823. The highest BCUT2D eigenvalue weighted by molar-refractivity contribution is 7.90. The molecule has 1 aliphatic heterocycles. The molecular weight excluding hydrogens is 252 g/mol. The molecule has 0 aromatic heterocycles. The normalized spacial score (nSPS) is 17.6. The molecule has 1 heterocycles. The number of para-hydroxylation sites is 1. The van der Waals surface area contributed by atoms with Crippen LogP contribution in [0.4, 0.5) is 5.69 Å². The summed E-state index contributed by atoms with van der Waals surface area (Å²) in [6, 6.07) is 9.17. The molecule has 6 heteroatoms. The average molecular weight is 270 g/mol. The molecular formula is C12H18N2O3S. The van der Waals surface area contributed by atoms with E-state index in [0.29, 0.717) is 38.5 Å². The monoisotopic (exact) mass is 270 g/mol. The molecule has 0 unspecified atom stereocenters. The molecule has 1 aromatic rings. The van der Waals surface area contributed by atoms with Crippen LogP contribution < -0.4 is 4.31 Å². The minimum absolute atomic E-state index is 0.420. The minimum atomic E-state index is -3.44. The molecule has 1 aromatic carbocycles. The third kappa shape index (κ3) is 2.66. The summed E-state index contributed by atoms with van der Waals surface area (Å²) in [6.45, 7) is 4.03. The van der Waals surface area contributed by atoms with Crippen LogP contribution in [0.5, 0.6) is 0 Å². The number of morpholine rings is 1. The van der Waals surface area contributed by atoms with Gasteiger partial charge in [0.2, 0.25) is 0 Å². The van der Waals surface area contributed by atoms with Crippen molar-refractivity contribution >= 4 is 15.9 Å². The number of benzene rings is 1. The zero-order valence-electron chi connectivity index (χ0n) is 10.4. The predicted molar refractivity (Wildman–Crippen MR) is 70.8 cm³/mol. The Balaban J connectivity index is 2.26. The van der Waals surface area contributed by atoms with Crippen LogP contribution in [0.3, 0.4) is 0 Å². The summed E-state index contributed by atoms with van der Waals surface area (Å²) in [4.78, 5) is 0. The molecule has 0 amide bonds. The van der Waals surface area contributed by atoms with E-state index >= 15 is 0 Å². The van der Waals surface area contributed by atoms with Crippen molar-refractivity contribution in [2.45, 2.75) is 6.92 Å². The van der Waals surface area contributed by atoms with Gasteiger partial charge in [0.25, 0.3) is 0 Å². The van der Waals surface area contributed by atoms with Gasteiger partial charge in [0.1, 0.15) is 0 Å².